The van der Waals surface area contributed by atoms with Crippen molar-refractivity contribution in [3.8, 4) is 0 Å². The molecule has 0 aliphatic heterocycles. The minimum absolute atomic E-state index is 0.0509. The maximum Gasteiger partial charge on any atom is 0.287 e. The molecule has 1 aromatic carbocycles. The molecule has 1 heterocycles. The van der Waals surface area contributed by atoms with Crippen molar-refractivity contribution in [2.45, 2.75) is 20.0 Å². The van der Waals surface area contributed by atoms with Gasteiger partial charge >= 0.3 is 0 Å². The van der Waals surface area contributed by atoms with Crippen LogP contribution < -0.4 is 10.9 Å². The number of nitrogens with one attached hydrogen (secondary N) is 1. The van der Waals surface area contributed by atoms with Crippen LogP contribution in [0.4, 0.5) is 10.1 Å². The van der Waals surface area contributed by atoms with E-state index in [0.717, 1.165) is 5.56 Å². The largest absolute Gasteiger partial charge is 0.378 e. The second kappa shape index (κ2) is 6.24. The van der Waals surface area contributed by atoms with Crippen LogP contribution in [0.15, 0.2) is 29.2 Å². The van der Waals surface area contributed by atoms with Crippen molar-refractivity contribution in [3.05, 3.63) is 56.2 Å². The Balaban J connectivity index is 2.17. The van der Waals surface area contributed by atoms with Crippen LogP contribution in [0.5, 0.6) is 0 Å². The molecule has 0 aliphatic carbocycles. The van der Waals surface area contributed by atoms with Gasteiger partial charge in [0.25, 0.3) is 5.56 Å². The summed E-state index contributed by atoms with van der Waals surface area (Å²) in [6.07, 6.45) is 1.48. The Bertz CT molecular complexity index is 688. The Morgan fingerprint density at radius 1 is 1.40 bits per heavy atom. The van der Waals surface area contributed by atoms with Crippen molar-refractivity contribution in [1.82, 2.24) is 9.78 Å². The first-order valence-corrected chi connectivity index (χ1v) is 6.72. The molecule has 0 spiro atoms. The molecule has 2 aromatic rings. The molecule has 7 heteroatoms. The van der Waals surface area contributed by atoms with Gasteiger partial charge in [-0.2, -0.15) is 5.10 Å². The fraction of sp³-hybridized carbons (Fsp3) is 0.231. The number of rotatable bonds is 4. The fourth-order valence-electron chi connectivity index (χ4n) is 1.66. The number of hydrogen-bond donors (Lipinski definition) is 1. The number of aromatic nitrogens is 2. The molecule has 0 amide bonds. The number of aryl methyl sites for hydroxylation is 1. The van der Waals surface area contributed by atoms with E-state index in [1.807, 2.05) is 0 Å². The molecule has 4 nitrogen and oxygen atoms in total. The molecule has 20 heavy (non-hydrogen) atoms. The SMILES string of the molecule is CCn1ncc(NCc2ccc(F)c(Cl)c2)c(Cl)c1=O. The van der Waals surface area contributed by atoms with Gasteiger partial charge in [-0.15, -0.1) is 0 Å². The van der Waals surface area contributed by atoms with E-state index < -0.39 is 5.82 Å². The van der Waals surface area contributed by atoms with Gasteiger partial charge in [-0.3, -0.25) is 4.79 Å². The predicted molar refractivity (Wildman–Crippen MR) is 77.9 cm³/mol. The molecular weight excluding hydrogens is 304 g/mol. The molecule has 0 radical (unpaired) electrons. The van der Waals surface area contributed by atoms with Gasteiger partial charge < -0.3 is 5.32 Å². The molecule has 0 unspecified atom stereocenters. The molecular formula is C13H12Cl2FN3O. The third kappa shape index (κ3) is 3.11. The van der Waals surface area contributed by atoms with E-state index in [1.165, 1.54) is 23.0 Å². The van der Waals surface area contributed by atoms with E-state index in [9.17, 15) is 9.18 Å². The number of halogens is 3. The van der Waals surface area contributed by atoms with Crippen molar-refractivity contribution in [2.75, 3.05) is 5.32 Å². The van der Waals surface area contributed by atoms with E-state index in [4.69, 9.17) is 23.2 Å². The molecule has 106 valence electrons. The van der Waals surface area contributed by atoms with Gasteiger partial charge in [0.1, 0.15) is 10.8 Å². The number of hydrogen-bond acceptors (Lipinski definition) is 3. The van der Waals surface area contributed by atoms with Crippen LogP contribution in [-0.2, 0) is 13.1 Å². The highest BCUT2D eigenvalue weighted by atomic mass is 35.5. The lowest BCUT2D eigenvalue weighted by molar-refractivity contribution is 0.616. The summed E-state index contributed by atoms with van der Waals surface area (Å²) in [4.78, 5) is 11.8. The molecule has 1 aromatic heterocycles. The molecule has 0 bridgehead atoms. The summed E-state index contributed by atoms with van der Waals surface area (Å²) < 4.78 is 14.3. The van der Waals surface area contributed by atoms with E-state index in [1.54, 1.807) is 13.0 Å². The zero-order chi connectivity index (χ0) is 14.7. The van der Waals surface area contributed by atoms with E-state index in [-0.39, 0.29) is 15.6 Å². The fourth-order valence-corrected chi connectivity index (χ4v) is 2.08. The topological polar surface area (TPSA) is 46.9 Å². The Labute approximate surface area is 125 Å². The summed E-state index contributed by atoms with van der Waals surface area (Å²) in [5, 5.41) is 7.08. The van der Waals surface area contributed by atoms with E-state index >= 15 is 0 Å². The molecule has 2 rings (SSSR count). The maximum atomic E-state index is 13.0. The predicted octanol–water partition coefficient (Wildman–Crippen LogP) is 3.32. The average Bonchev–Trinajstić information content (AvgIpc) is 2.44. The van der Waals surface area contributed by atoms with Crippen molar-refractivity contribution in [1.29, 1.82) is 0 Å². The van der Waals surface area contributed by atoms with Crippen molar-refractivity contribution in [3.63, 3.8) is 0 Å². The van der Waals surface area contributed by atoms with Crippen molar-refractivity contribution in [2.24, 2.45) is 0 Å². The standard InChI is InChI=1S/C13H12Cl2FN3O/c1-2-19-13(20)12(15)11(7-18-19)17-6-8-3-4-10(16)9(14)5-8/h3-5,7,17H,2,6H2,1H3. The van der Waals surface area contributed by atoms with Crippen LogP contribution in [0.3, 0.4) is 0 Å². The van der Waals surface area contributed by atoms with Gasteiger partial charge in [0, 0.05) is 13.1 Å². The highest BCUT2D eigenvalue weighted by Gasteiger charge is 2.08. The molecule has 1 N–H and O–H groups in total. The lowest BCUT2D eigenvalue weighted by Gasteiger charge is -2.09. The third-order valence-electron chi connectivity index (χ3n) is 2.75. The average molecular weight is 316 g/mol. The van der Waals surface area contributed by atoms with Crippen LogP contribution in [-0.4, -0.2) is 9.78 Å². The van der Waals surface area contributed by atoms with Crippen LogP contribution in [0, 0.1) is 5.82 Å². The van der Waals surface area contributed by atoms with Gasteiger partial charge in [-0.1, -0.05) is 29.3 Å². The van der Waals surface area contributed by atoms with Gasteiger partial charge in [0.05, 0.1) is 16.9 Å². The summed E-state index contributed by atoms with van der Waals surface area (Å²) in [5.41, 5.74) is 0.852. The summed E-state index contributed by atoms with van der Waals surface area (Å²) in [7, 11) is 0. The summed E-state index contributed by atoms with van der Waals surface area (Å²) in [5.74, 6) is -0.472. The minimum Gasteiger partial charge on any atom is -0.378 e. The Hall–Kier alpha value is -1.59. The first-order chi connectivity index (χ1) is 9.52. The van der Waals surface area contributed by atoms with Crippen molar-refractivity contribution < 1.29 is 4.39 Å². The minimum atomic E-state index is -0.472. The van der Waals surface area contributed by atoms with Gasteiger partial charge in [0.15, 0.2) is 0 Å². The monoisotopic (exact) mass is 315 g/mol. The summed E-state index contributed by atoms with van der Waals surface area (Å²) in [6, 6.07) is 4.40. The van der Waals surface area contributed by atoms with Gasteiger partial charge in [0.2, 0.25) is 0 Å². The third-order valence-corrected chi connectivity index (χ3v) is 3.41. The van der Waals surface area contributed by atoms with E-state index in [0.29, 0.717) is 18.8 Å². The number of benzene rings is 1. The lowest BCUT2D eigenvalue weighted by Crippen LogP contribution is -2.23. The zero-order valence-corrected chi connectivity index (χ0v) is 12.2. The maximum absolute atomic E-state index is 13.0. The van der Waals surface area contributed by atoms with E-state index in [2.05, 4.69) is 10.4 Å². The normalized spacial score (nSPS) is 10.6. The summed E-state index contributed by atoms with van der Waals surface area (Å²) in [6.45, 7) is 2.61. The second-order valence-electron chi connectivity index (χ2n) is 4.10. The van der Waals surface area contributed by atoms with Gasteiger partial charge in [-0.25, -0.2) is 9.07 Å². The molecule has 0 saturated carbocycles. The summed E-state index contributed by atoms with van der Waals surface area (Å²) >= 11 is 11.7. The lowest BCUT2D eigenvalue weighted by atomic mass is 10.2. The zero-order valence-electron chi connectivity index (χ0n) is 10.7. The molecule has 0 fully saturated rings. The first kappa shape index (κ1) is 14.8. The Kier molecular flexibility index (Phi) is 4.62. The number of nitrogens with zero attached hydrogens (tertiary/aromatic N) is 2. The molecule has 0 aliphatic rings. The van der Waals surface area contributed by atoms with Crippen LogP contribution >= 0.6 is 23.2 Å². The second-order valence-corrected chi connectivity index (χ2v) is 4.88. The van der Waals surface area contributed by atoms with Crippen molar-refractivity contribution >= 4 is 28.9 Å². The molecule has 0 atom stereocenters. The number of anilines is 1. The van der Waals surface area contributed by atoms with Gasteiger partial charge in [-0.05, 0) is 24.6 Å². The van der Waals surface area contributed by atoms with Crippen LogP contribution in [0.2, 0.25) is 10.0 Å². The quantitative estimate of drug-likeness (QED) is 0.941. The van der Waals surface area contributed by atoms with Crippen LogP contribution in [0.1, 0.15) is 12.5 Å². The highest BCUT2D eigenvalue weighted by Crippen LogP contribution is 2.19. The Morgan fingerprint density at radius 3 is 2.80 bits per heavy atom. The highest BCUT2D eigenvalue weighted by molar-refractivity contribution is 6.33. The smallest absolute Gasteiger partial charge is 0.287 e. The first-order valence-electron chi connectivity index (χ1n) is 5.96. The Morgan fingerprint density at radius 2 is 2.15 bits per heavy atom. The molecule has 0 saturated heterocycles. The van der Waals surface area contributed by atoms with Crippen LogP contribution in [0.25, 0.3) is 0 Å².